The van der Waals surface area contributed by atoms with Gasteiger partial charge in [0.1, 0.15) is 5.65 Å². The van der Waals surface area contributed by atoms with Gasteiger partial charge < -0.3 is 24.8 Å². The first kappa shape index (κ1) is 26.9. The van der Waals surface area contributed by atoms with Crippen molar-refractivity contribution in [3.63, 3.8) is 0 Å². The predicted molar refractivity (Wildman–Crippen MR) is 128 cm³/mol. The molecule has 1 aliphatic heterocycles. The number of halogens is 3. The Morgan fingerprint density at radius 3 is 2.49 bits per heavy atom. The molecule has 9 nitrogen and oxygen atoms in total. The number of fused-ring (bicyclic) bond motifs is 3. The molecule has 4 heterocycles. The van der Waals surface area contributed by atoms with E-state index in [1.54, 1.807) is 6.20 Å². The third-order valence-corrected chi connectivity index (χ3v) is 7.78. The van der Waals surface area contributed by atoms with Crippen LogP contribution in [-0.2, 0) is 30.5 Å². The van der Waals surface area contributed by atoms with Gasteiger partial charge in [-0.05, 0) is 55.7 Å². The average Bonchev–Trinajstić information content (AvgIpc) is 3.44. The van der Waals surface area contributed by atoms with Crippen LogP contribution < -0.4 is 0 Å². The Kier molecular flexibility index (Phi) is 8.02. The van der Waals surface area contributed by atoms with E-state index in [1.807, 2.05) is 21.6 Å². The van der Waals surface area contributed by atoms with Gasteiger partial charge in [0, 0.05) is 41.3 Å². The van der Waals surface area contributed by atoms with Crippen LogP contribution in [0.25, 0.3) is 11.0 Å². The molecule has 2 aliphatic rings. The number of carbonyl (C=O) groups excluding carboxylic acids is 1. The number of carboxylic acid groups (broad SMARTS) is 2. The largest absolute Gasteiger partial charge is 0.503 e. The minimum atomic E-state index is -4.46. The zero-order valence-corrected chi connectivity index (χ0v) is 20.6. The molecule has 0 unspecified atom stereocenters. The van der Waals surface area contributed by atoms with Crippen LogP contribution in [-0.4, -0.2) is 59.5 Å². The van der Waals surface area contributed by atoms with Crippen molar-refractivity contribution in [3.8, 4) is 0 Å². The minimum Gasteiger partial charge on any atom is -0.450 e. The van der Waals surface area contributed by atoms with E-state index >= 15 is 0 Å². The Labute approximate surface area is 214 Å². The summed E-state index contributed by atoms with van der Waals surface area (Å²) in [5.74, 6) is 0.400. The van der Waals surface area contributed by atoms with Gasteiger partial charge in [0.25, 0.3) is 0 Å². The highest BCUT2D eigenvalue weighted by Gasteiger charge is 2.35. The van der Waals surface area contributed by atoms with Crippen molar-refractivity contribution in [1.29, 1.82) is 0 Å². The molecule has 3 aromatic rings. The van der Waals surface area contributed by atoms with Gasteiger partial charge in [0.05, 0.1) is 19.2 Å². The lowest BCUT2D eigenvalue weighted by Crippen LogP contribution is -2.38. The second kappa shape index (κ2) is 11.1. The Hall–Kier alpha value is -3.19. The topological polar surface area (TPSA) is 129 Å². The number of aliphatic hydroxyl groups is 1. The first-order chi connectivity index (χ1) is 17.5. The average molecular weight is 541 g/mol. The number of alkyl halides is 3. The molecule has 0 radical (unpaired) electrons. The number of carbonyl (C=O) groups is 2. The van der Waals surface area contributed by atoms with Crippen LogP contribution in [0.2, 0.25) is 0 Å². The molecule has 0 atom stereocenters. The summed E-state index contributed by atoms with van der Waals surface area (Å²) in [6.45, 7) is 1.28. The zero-order chi connectivity index (χ0) is 26.7. The monoisotopic (exact) mass is 540 g/mol. The summed E-state index contributed by atoms with van der Waals surface area (Å²) in [5.41, 5.74) is 2.77. The zero-order valence-electron chi connectivity index (χ0n) is 19.8. The first-order valence-electron chi connectivity index (χ1n) is 11.9. The molecule has 1 aliphatic carbocycles. The smallest absolute Gasteiger partial charge is 0.450 e. The fourth-order valence-electron chi connectivity index (χ4n) is 5.04. The molecule has 3 N–H and O–H groups in total. The molecule has 1 fully saturated rings. The summed E-state index contributed by atoms with van der Waals surface area (Å²) in [6, 6.07) is 3.84. The van der Waals surface area contributed by atoms with Crippen LogP contribution in [0.4, 0.5) is 18.0 Å². The number of nitrogens with zero attached hydrogens (tertiary/aromatic N) is 4. The minimum absolute atomic E-state index is 0.101. The maximum absolute atomic E-state index is 13.1. The van der Waals surface area contributed by atoms with Gasteiger partial charge in [-0.2, -0.15) is 13.2 Å². The molecule has 0 bridgehead atoms. The molecule has 0 aromatic carbocycles. The lowest BCUT2D eigenvalue weighted by atomic mass is 9.85. The third-order valence-electron chi connectivity index (χ3n) is 6.76. The third kappa shape index (κ3) is 6.39. The van der Waals surface area contributed by atoms with Crippen molar-refractivity contribution < 1.29 is 38.1 Å². The normalized spacial score (nSPS) is 19.7. The highest BCUT2D eigenvalue weighted by molar-refractivity contribution is 7.11. The van der Waals surface area contributed by atoms with E-state index in [0.717, 1.165) is 48.0 Å². The van der Waals surface area contributed by atoms with Gasteiger partial charge >= 0.3 is 12.3 Å². The van der Waals surface area contributed by atoms with Crippen LogP contribution in [0.5, 0.6) is 0 Å². The van der Waals surface area contributed by atoms with Gasteiger partial charge in [0.15, 0.2) is 5.01 Å². The fourth-order valence-corrected chi connectivity index (χ4v) is 5.80. The molecule has 3 aromatic heterocycles. The van der Waals surface area contributed by atoms with Crippen molar-refractivity contribution in [1.82, 2.24) is 19.4 Å². The van der Waals surface area contributed by atoms with Crippen LogP contribution in [0.15, 0.2) is 24.5 Å². The Morgan fingerprint density at radius 2 is 1.84 bits per heavy atom. The number of thiazole rings is 1. The van der Waals surface area contributed by atoms with E-state index in [1.165, 1.54) is 6.20 Å². The standard InChI is InChI=1S/C23H25F3N4O2S.CH2O3/c24-23(25,26)22-28-11-16(33-22)12-30-19-13-29(20(32)10-14-3-5-15(31)6-4-14)9-7-17(19)18-2-1-8-27-21(18)30;2-1(3)4/h1-2,8,11,14-15,31H,3-7,9-10,12-13H2;(H2,2,3,4)/t14-,15+;. The molecule has 5 rings (SSSR count). The van der Waals surface area contributed by atoms with Crippen molar-refractivity contribution in [3.05, 3.63) is 45.7 Å². The Bertz CT molecular complexity index is 1260. The molecule has 37 heavy (non-hydrogen) atoms. The number of pyridine rings is 1. The lowest BCUT2D eigenvalue weighted by Gasteiger charge is -2.31. The maximum atomic E-state index is 13.1. The molecule has 0 saturated heterocycles. The highest BCUT2D eigenvalue weighted by Crippen LogP contribution is 2.35. The van der Waals surface area contributed by atoms with Gasteiger partial charge in [-0.25, -0.2) is 14.8 Å². The van der Waals surface area contributed by atoms with E-state index in [9.17, 15) is 23.1 Å². The number of aromatic nitrogens is 3. The van der Waals surface area contributed by atoms with E-state index in [4.69, 9.17) is 15.0 Å². The second-order valence-corrected chi connectivity index (χ2v) is 10.4. The molecular weight excluding hydrogens is 513 g/mol. The Balaban J connectivity index is 0.000000747. The highest BCUT2D eigenvalue weighted by atomic mass is 32.1. The fraction of sp³-hybridized carbons (Fsp3) is 0.500. The van der Waals surface area contributed by atoms with Crippen LogP contribution in [0.3, 0.4) is 0 Å². The summed E-state index contributed by atoms with van der Waals surface area (Å²) in [7, 11) is 0. The van der Waals surface area contributed by atoms with Gasteiger partial charge in [-0.15, -0.1) is 11.3 Å². The van der Waals surface area contributed by atoms with Crippen LogP contribution in [0.1, 0.15) is 53.2 Å². The van der Waals surface area contributed by atoms with E-state index < -0.39 is 17.3 Å². The van der Waals surface area contributed by atoms with Crippen molar-refractivity contribution in [2.24, 2.45) is 5.92 Å². The van der Waals surface area contributed by atoms with E-state index in [-0.39, 0.29) is 18.6 Å². The van der Waals surface area contributed by atoms with Crippen LogP contribution >= 0.6 is 11.3 Å². The lowest BCUT2D eigenvalue weighted by molar-refractivity contribution is -0.137. The number of aliphatic hydroxyl groups excluding tert-OH is 1. The summed E-state index contributed by atoms with van der Waals surface area (Å²) >= 11 is 0.642. The summed E-state index contributed by atoms with van der Waals surface area (Å²) in [5, 5.41) is 23.8. The summed E-state index contributed by atoms with van der Waals surface area (Å²) in [6.07, 6.45) is 0.802. The van der Waals surface area contributed by atoms with Crippen molar-refractivity contribution in [2.45, 2.75) is 63.9 Å². The van der Waals surface area contributed by atoms with Crippen molar-refractivity contribution in [2.75, 3.05) is 6.54 Å². The first-order valence-corrected chi connectivity index (χ1v) is 12.7. The molecule has 0 spiro atoms. The molecule has 1 saturated carbocycles. The van der Waals surface area contributed by atoms with Gasteiger partial charge in [-0.3, -0.25) is 4.79 Å². The van der Waals surface area contributed by atoms with Gasteiger partial charge in [0.2, 0.25) is 5.91 Å². The second-order valence-electron chi connectivity index (χ2n) is 9.24. The molecule has 13 heteroatoms. The maximum Gasteiger partial charge on any atom is 0.503 e. The van der Waals surface area contributed by atoms with E-state index in [2.05, 4.69) is 9.97 Å². The molecular formula is C24H27F3N4O5S. The number of hydrogen-bond acceptors (Lipinski definition) is 6. The SMILES string of the molecule is O=C(C[C@H]1CC[C@@H](O)CC1)N1CCc2c(n(Cc3cnc(C(F)(F)F)s3)c3ncccc23)C1.O=C(O)O. The number of amides is 1. The van der Waals surface area contributed by atoms with Gasteiger partial charge in [-0.1, -0.05) is 0 Å². The van der Waals surface area contributed by atoms with Crippen molar-refractivity contribution >= 4 is 34.4 Å². The number of hydrogen-bond donors (Lipinski definition) is 3. The molecule has 1 amide bonds. The predicted octanol–water partition coefficient (Wildman–Crippen LogP) is 4.61. The van der Waals surface area contributed by atoms with E-state index in [0.29, 0.717) is 48.1 Å². The molecule has 200 valence electrons. The van der Waals surface area contributed by atoms with Crippen LogP contribution in [0, 0.1) is 5.92 Å². The number of rotatable bonds is 4. The summed E-state index contributed by atoms with van der Waals surface area (Å²) < 4.78 is 41.0. The summed E-state index contributed by atoms with van der Waals surface area (Å²) in [4.78, 5) is 32.0. The quantitative estimate of drug-likeness (QED) is 0.441. The Morgan fingerprint density at radius 1 is 1.14 bits per heavy atom.